The Labute approximate surface area is 143 Å². The Kier molecular flexibility index (Phi) is 5.97. The molecule has 128 valence electrons. The highest BCUT2D eigenvalue weighted by molar-refractivity contribution is 8.13. The van der Waals surface area contributed by atoms with Crippen molar-refractivity contribution in [3.8, 4) is 0 Å². The molecule has 2 amide bonds. The van der Waals surface area contributed by atoms with E-state index in [9.17, 15) is 19.2 Å². The van der Waals surface area contributed by atoms with Crippen LogP contribution in [0, 0.1) is 0 Å². The van der Waals surface area contributed by atoms with E-state index in [2.05, 4.69) is 5.32 Å². The van der Waals surface area contributed by atoms with E-state index in [0.29, 0.717) is 23.5 Å². The summed E-state index contributed by atoms with van der Waals surface area (Å²) in [4.78, 5) is 47.8. The average Bonchev–Trinajstić information content (AvgIpc) is 2.92. The predicted octanol–water partition coefficient (Wildman–Crippen LogP) is 1.93. The molecule has 1 aliphatic heterocycles. The summed E-state index contributed by atoms with van der Waals surface area (Å²) in [5.41, 5.74) is 1.04. The molecule has 0 spiro atoms. The number of nitrogens with zero attached hydrogens (tertiary/aromatic N) is 1. The Hall–Kier alpha value is -2.35. The summed E-state index contributed by atoms with van der Waals surface area (Å²) in [6.07, 6.45) is -0.990. The second kappa shape index (κ2) is 7.96. The third-order valence-corrected chi connectivity index (χ3v) is 4.29. The fourth-order valence-corrected chi connectivity index (χ4v) is 2.87. The van der Waals surface area contributed by atoms with Gasteiger partial charge in [0.05, 0.1) is 0 Å². The van der Waals surface area contributed by atoms with Crippen molar-refractivity contribution in [3.05, 3.63) is 29.8 Å². The molecule has 8 heteroatoms. The van der Waals surface area contributed by atoms with Gasteiger partial charge >= 0.3 is 5.97 Å². The van der Waals surface area contributed by atoms with Crippen molar-refractivity contribution < 1.29 is 23.9 Å². The first kappa shape index (κ1) is 18.0. The maximum absolute atomic E-state index is 12.0. The highest BCUT2D eigenvalue weighted by atomic mass is 32.2. The van der Waals surface area contributed by atoms with Gasteiger partial charge < -0.3 is 15.0 Å². The van der Waals surface area contributed by atoms with Gasteiger partial charge in [0.15, 0.2) is 11.9 Å². The number of anilines is 1. The Morgan fingerprint density at radius 1 is 1.29 bits per heavy atom. The summed E-state index contributed by atoms with van der Waals surface area (Å²) < 4.78 is 5.05. The largest absolute Gasteiger partial charge is 0.451 e. The molecule has 1 saturated heterocycles. The first-order chi connectivity index (χ1) is 11.4. The number of esters is 1. The van der Waals surface area contributed by atoms with Crippen LogP contribution in [0.5, 0.6) is 0 Å². The van der Waals surface area contributed by atoms with Crippen LogP contribution in [0.1, 0.15) is 24.2 Å². The smallest absolute Gasteiger partial charge is 0.326 e. The Morgan fingerprint density at radius 3 is 2.50 bits per heavy atom. The molecule has 2 rings (SSSR count). The SMILES string of the molecule is CC(=O)c1ccc(NC(=O)[C@H](C)OC(=O)CN2CCSC2=O)cc1. The lowest BCUT2D eigenvalue weighted by molar-refractivity contribution is -0.153. The number of hydrogen-bond acceptors (Lipinski definition) is 6. The number of amides is 2. The summed E-state index contributed by atoms with van der Waals surface area (Å²) in [7, 11) is 0. The second-order valence-electron chi connectivity index (χ2n) is 5.29. The lowest BCUT2D eigenvalue weighted by Crippen LogP contribution is -2.36. The van der Waals surface area contributed by atoms with Crippen molar-refractivity contribution in [2.45, 2.75) is 20.0 Å². The van der Waals surface area contributed by atoms with E-state index in [-0.39, 0.29) is 17.6 Å². The van der Waals surface area contributed by atoms with E-state index < -0.39 is 18.0 Å². The number of Topliss-reactive ketones (excluding diaryl/α,β-unsaturated/α-hetero) is 1. The molecule has 1 N–H and O–H groups in total. The molecule has 0 radical (unpaired) electrons. The fourth-order valence-electron chi connectivity index (χ4n) is 2.05. The number of carbonyl (C=O) groups excluding carboxylic acids is 4. The number of rotatable bonds is 6. The molecular weight excluding hydrogens is 332 g/mol. The highest BCUT2D eigenvalue weighted by Gasteiger charge is 2.26. The number of benzene rings is 1. The third kappa shape index (κ3) is 4.82. The van der Waals surface area contributed by atoms with Crippen molar-refractivity contribution in [1.29, 1.82) is 0 Å². The maximum atomic E-state index is 12.0. The zero-order valence-corrected chi connectivity index (χ0v) is 14.2. The normalized spacial score (nSPS) is 15.1. The number of ketones is 1. The van der Waals surface area contributed by atoms with Gasteiger partial charge in [0.2, 0.25) is 0 Å². The van der Waals surface area contributed by atoms with Gasteiger partial charge in [0.1, 0.15) is 6.54 Å². The van der Waals surface area contributed by atoms with E-state index >= 15 is 0 Å². The molecular formula is C16H18N2O5S. The van der Waals surface area contributed by atoms with Crippen molar-refractivity contribution in [2.24, 2.45) is 0 Å². The quantitative estimate of drug-likeness (QED) is 0.622. The molecule has 7 nitrogen and oxygen atoms in total. The third-order valence-electron chi connectivity index (χ3n) is 3.40. The topological polar surface area (TPSA) is 92.8 Å². The minimum Gasteiger partial charge on any atom is -0.451 e. The highest BCUT2D eigenvalue weighted by Crippen LogP contribution is 2.17. The zero-order valence-electron chi connectivity index (χ0n) is 13.4. The van der Waals surface area contributed by atoms with E-state index in [0.717, 1.165) is 11.8 Å². The molecule has 1 aromatic rings. The zero-order chi connectivity index (χ0) is 17.7. The minimum atomic E-state index is -0.990. The second-order valence-corrected chi connectivity index (χ2v) is 6.34. The van der Waals surface area contributed by atoms with Crippen LogP contribution < -0.4 is 5.32 Å². The van der Waals surface area contributed by atoms with Crippen LogP contribution in [0.4, 0.5) is 10.5 Å². The molecule has 0 aromatic heterocycles. The summed E-state index contributed by atoms with van der Waals surface area (Å²) in [5.74, 6) is -0.524. The van der Waals surface area contributed by atoms with Gasteiger partial charge in [0, 0.05) is 23.5 Å². The van der Waals surface area contributed by atoms with Gasteiger partial charge in [-0.15, -0.1) is 0 Å². The summed E-state index contributed by atoms with van der Waals surface area (Å²) in [5, 5.41) is 2.45. The molecule has 1 heterocycles. The molecule has 1 atom stereocenters. The van der Waals surface area contributed by atoms with E-state index in [1.807, 2.05) is 0 Å². The van der Waals surface area contributed by atoms with Gasteiger partial charge in [-0.05, 0) is 38.1 Å². The molecule has 24 heavy (non-hydrogen) atoms. The van der Waals surface area contributed by atoms with Gasteiger partial charge in [-0.2, -0.15) is 0 Å². The fraction of sp³-hybridized carbons (Fsp3) is 0.375. The first-order valence-corrected chi connectivity index (χ1v) is 8.38. The lowest BCUT2D eigenvalue weighted by atomic mass is 10.1. The van der Waals surface area contributed by atoms with Gasteiger partial charge in [-0.25, -0.2) is 0 Å². The maximum Gasteiger partial charge on any atom is 0.326 e. The molecule has 0 saturated carbocycles. The molecule has 0 unspecified atom stereocenters. The first-order valence-electron chi connectivity index (χ1n) is 7.40. The van der Waals surface area contributed by atoms with E-state index in [1.165, 1.54) is 18.7 Å². The van der Waals surface area contributed by atoms with Gasteiger partial charge in [-0.3, -0.25) is 19.2 Å². The van der Waals surface area contributed by atoms with Crippen LogP contribution in [-0.2, 0) is 14.3 Å². The Bertz CT molecular complexity index is 659. The molecule has 0 aliphatic carbocycles. The van der Waals surface area contributed by atoms with Crippen LogP contribution in [-0.4, -0.2) is 52.7 Å². The molecule has 1 fully saturated rings. The van der Waals surface area contributed by atoms with E-state index in [1.54, 1.807) is 24.3 Å². The van der Waals surface area contributed by atoms with Crippen LogP contribution in [0.15, 0.2) is 24.3 Å². The Balaban J connectivity index is 1.84. The van der Waals surface area contributed by atoms with Crippen LogP contribution in [0.25, 0.3) is 0 Å². The van der Waals surface area contributed by atoms with Gasteiger partial charge in [0.25, 0.3) is 11.1 Å². The number of nitrogens with one attached hydrogen (secondary N) is 1. The lowest BCUT2D eigenvalue weighted by Gasteiger charge is -2.17. The van der Waals surface area contributed by atoms with Crippen LogP contribution >= 0.6 is 11.8 Å². The number of thioether (sulfide) groups is 1. The van der Waals surface area contributed by atoms with Crippen LogP contribution in [0.3, 0.4) is 0 Å². The van der Waals surface area contributed by atoms with E-state index in [4.69, 9.17) is 4.74 Å². The monoisotopic (exact) mass is 350 g/mol. The number of ether oxygens (including phenoxy) is 1. The minimum absolute atomic E-state index is 0.0650. The average molecular weight is 350 g/mol. The standard InChI is InChI=1S/C16H18N2O5S/c1-10(19)12-3-5-13(6-4-12)17-15(21)11(2)23-14(20)9-18-7-8-24-16(18)22/h3-6,11H,7-9H2,1-2H3,(H,17,21)/t11-/m0/s1. The van der Waals surface area contributed by atoms with Crippen molar-refractivity contribution in [3.63, 3.8) is 0 Å². The Morgan fingerprint density at radius 2 is 1.96 bits per heavy atom. The molecule has 1 aliphatic rings. The van der Waals surface area contributed by atoms with Crippen LogP contribution in [0.2, 0.25) is 0 Å². The summed E-state index contributed by atoms with van der Waals surface area (Å²) >= 11 is 1.15. The van der Waals surface area contributed by atoms with Crippen molar-refractivity contribution in [2.75, 3.05) is 24.2 Å². The summed E-state index contributed by atoms with van der Waals surface area (Å²) in [6.45, 7) is 3.26. The number of hydrogen-bond donors (Lipinski definition) is 1. The predicted molar refractivity (Wildman–Crippen MR) is 90.1 cm³/mol. The molecule has 1 aromatic carbocycles. The number of carbonyl (C=O) groups is 4. The van der Waals surface area contributed by atoms with Crippen molar-refractivity contribution >= 4 is 40.3 Å². The van der Waals surface area contributed by atoms with Crippen molar-refractivity contribution in [1.82, 2.24) is 4.90 Å². The molecule has 0 bridgehead atoms. The van der Waals surface area contributed by atoms with Gasteiger partial charge in [-0.1, -0.05) is 11.8 Å². The summed E-state index contributed by atoms with van der Waals surface area (Å²) in [6, 6.07) is 6.41.